The standard InChI is InChI=1S/C23H25Cl2N5O2S/c1-23(2,3)32-22(31)29-16-7-4-6-15(12-16)26-10-11-33-18-9-5-8-17(13-18)28-20-19(24)14-27-21(25)30-20/h4-9,12-14,26H,10-11H2,1-3H3,(H,29,31)(H,27,28,30). The van der Waals surface area contributed by atoms with Gasteiger partial charge < -0.3 is 15.4 Å². The molecule has 0 atom stereocenters. The van der Waals surface area contributed by atoms with Crippen LogP contribution in [-0.4, -0.2) is 34.0 Å². The Morgan fingerprint density at radius 3 is 2.58 bits per heavy atom. The second-order valence-corrected chi connectivity index (χ2v) is 9.88. The van der Waals surface area contributed by atoms with Gasteiger partial charge in [0, 0.05) is 34.3 Å². The summed E-state index contributed by atoms with van der Waals surface area (Å²) < 4.78 is 5.29. The molecule has 0 fully saturated rings. The summed E-state index contributed by atoms with van der Waals surface area (Å²) >= 11 is 13.7. The number of nitrogens with zero attached hydrogens (tertiary/aromatic N) is 2. The van der Waals surface area contributed by atoms with Crippen LogP contribution in [0.2, 0.25) is 10.3 Å². The van der Waals surface area contributed by atoms with Gasteiger partial charge in [-0.2, -0.15) is 4.98 Å². The van der Waals surface area contributed by atoms with Crippen LogP contribution in [0.3, 0.4) is 0 Å². The van der Waals surface area contributed by atoms with E-state index in [9.17, 15) is 4.79 Å². The van der Waals surface area contributed by atoms with Crippen molar-refractivity contribution in [2.24, 2.45) is 0 Å². The maximum atomic E-state index is 12.0. The molecule has 0 aliphatic rings. The van der Waals surface area contributed by atoms with Gasteiger partial charge >= 0.3 is 6.09 Å². The molecule has 0 aliphatic heterocycles. The van der Waals surface area contributed by atoms with Crippen molar-refractivity contribution in [1.29, 1.82) is 0 Å². The Morgan fingerprint density at radius 1 is 1.06 bits per heavy atom. The van der Waals surface area contributed by atoms with Gasteiger partial charge in [0.05, 0.1) is 6.20 Å². The zero-order valence-corrected chi connectivity index (χ0v) is 20.8. The molecule has 2 aromatic carbocycles. The lowest BCUT2D eigenvalue weighted by Gasteiger charge is -2.19. The SMILES string of the molecule is CC(C)(C)OC(=O)Nc1cccc(NCCSc2cccc(Nc3nc(Cl)ncc3Cl)c2)c1. The fourth-order valence-electron chi connectivity index (χ4n) is 2.73. The predicted molar refractivity (Wildman–Crippen MR) is 137 cm³/mol. The summed E-state index contributed by atoms with van der Waals surface area (Å²) in [5, 5.41) is 9.80. The molecule has 1 amide bonds. The molecule has 174 valence electrons. The van der Waals surface area contributed by atoms with Crippen molar-refractivity contribution in [3.63, 3.8) is 0 Å². The van der Waals surface area contributed by atoms with E-state index < -0.39 is 11.7 Å². The van der Waals surface area contributed by atoms with Gasteiger partial charge in [0.25, 0.3) is 0 Å². The third-order valence-corrected chi connectivity index (χ3v) is 5.47. The van der Waals surface area contributed by atoms with Crippen molar-refractivity contribution in [2.45, 2.75) is 31.3 Å². The highest BCUT2D eigenvalue weighted by atomic mass is 35.5. The van der Waals surface area contributed by atoms with Crippen LogP contribution < -0.4 is 16.0 Å². The van der Waals surface area contributed by atoms with Gasteiger partial charge in [-0.25, -0.2) is 9.78 Å². The van der Waals surface area contributed by atoms with Gasteiger partial charge in [-0.3, -0.25) is 5.32 Å². The number of hydrogen-bond donors (Lipinski definition) is 3. The van der Waals surface area contributed by atoms with Crippen LogP contribution in [0.15, 0.2) is 59.6 Å². The number of ether oxygens (including phenoxy) is 1. The fraction of sp³-hybridized carbons (Fsp3) is 0.261. The monoisotopic (exact) mass is 505 g/mol. The first-order valence-electron chi connectivity index (χ1n) is 10.2. The molecule has 0 saturated heterocycles. The number of nitrogens with one attached hydrogen (secondary N) is 3. The molecule has 33 heavy (non-hydrogen) atoms. The fourth-order valence-corrected chi connectivity index (χ4v) is 3.82. The number of amides is 1. The van der Waals surface area contributed by atoms with Crippen LogP contribution in [0, 0.1) is 0 Å². The summed E-state index contributed by atoms with van der Waals surface area (Å²) in [6.45, 7) is 6.23. The Balaban J connectivity index is 1.49. The first-order valence-corrected chi connectivity index (χ1v) is 11.9. The van der Waals surface area contributed by atoms with Gasteiger partial charge in [-0.1, -0.05) is 23.7 Å². The average Bonchev–Trinajstić information content (AvgIpc) is 2.73. The third-order valence-electron chi connectivity index (χ3n) is 4.02. The van der Waals surface area contributed by atoms with E-state index in [1.165, 1.54) is 6.20 Å². The van der Waals surface area contributed by atoms with Gasteiger partial charge in [-0.15, -0.1) is 11.8 Å². The Hall–Kier alpha value is -2.68. The van der Waals surface area contributed by atoms with Crippen LogP contribution in [0.4, 0.5) is 27.7 Å². The Labute approximate surface area is 207 Å². The highest BCUT2D eigenvalue weighted by Gasteiger charge is 2.16. The molecule has 3 rings (SSSR count). The average molecular weight is 506 g/mol. The van der Waals surface area contributed by atoms with Crippen molar-refractivity contribution in [3.05, 3.63) is 65.0 Å². The van der Waals surface area contributed by atoms with Crippen LogP contribution >= 0.6 is 35.0 Å². The highest BCUT2D eigenvalue weighted by molar-refractivity contribution is 7.99. The van der Waals surface area contributed by atoms with E-state index in [1.807, 2.05) is 69.3 Å². The molecule has 0 bridgehead atoms. The second-order valence-electron chi connectivity index (χ2n) is 7.97. The number of carbonyl (C=O) groups is 1. The highest BCUT2D eigenvalue weighted by Crippen LogP contribution is 2.27. The first-order chi connectivity index (χ1) is 15.7. The van der Waals surface area contributed by atoms with Crippen LogP contribution in [0.1, 0.15) is 20.8 Å². The summed E-state index contributed by atoms with van der Waals surface area (Å²) in [5.41, 5.74) is 1.89. The van der Waals surface area contributed by atoms with Crippen LogP contribution in [-0.2, 0) is 4.74 Å². The van der Waals surface area contributed by atoms with E-state index in [-0.39, 0.29) is 5.28 Å². The topological polar surface area (TPSA) is 88.2 Å². The summed E-state index contributed by atoms with van der Waals surface area (Å²) in [6.07, 6.45) is 0.982. The van der Waals surface area contributed by atoms with Gasteiger partial charge in [0.1, 0.15) is 10.6 Å². The first kappa shape index (κ1) is 25.0. The number of aromatic nitrogens is 2. The molecule has 0 spiro atoms. The number of hydrogen-bond acceptors (Lipinski definition) is 7. The van der Waals surface area contributed by atoms with Crippen molar-refractivity contribution in [3.8, 4) is 0 Å². The molecule has 0 aliphatic carbocycles. The number of thioether (sulfide) groups is 1. The van der Waals surface area contributed by atoms with Crippen LogP contribution in [0.25, 0.3) is 0 Å². The molecule has 0 saturated carbocycles. The lowest BCUT2D eigenvalue weighted by atomic mass is 10.2. The maximum Gasteiger partial charge on any atom is 0.412 e. The minimum atomic E-state index is -0.544. The summed E-state index contributed by atoms with van der Waals surface area (Å²) in [6, 6.07) is 15.5. The van der Waals surface area contributed by atoms with E-state index in [1.54, 1.807) is 11.8 Å². The molecular formula is C23H25Cl2N5O2S. The lowest BCUT2D eigenvalue weighted by Crippen LogP contribution is -2.27. The quantitative estimate of drug-likeness (QED) is 0.171. The normalized spacial score (nSPS) is 11.1. The zero-order chi connectivity index (χ0) is 23.8. The molecule has 10 heteroatoms. The molecule has 3 aromatic rings. The number of benzene rings is 2. The van der Waals surface area contributed by atoms with Gasteiger partial charge in [-0.05, 0) is 68.8 Å². The van der Waals surface area contributed by atoms with E-state index >= 15 is 0 Å². The van der Waals surface area contributed by atoms with Crippen molar-refractivity contribution < 1.29 is 9.53 Å². The molecule has 7 nitrogen and oxygen atoms in total. The summed E-state index contributed by atoms with van der Waals surface area (Å²) in [7, 11) is 0. The van der Waals surface area contributed by atoms with E-state index in [4.69, 9.17) is 27.9 Å². The van der Waals surface area contributed by atoms with E-state index in [0.717, 1.165) is 28.6 Å². The zero-order valence-electron chi connectivity index (χ0n) is 18.5. The Morgan fingerprint density at radius 2 is 1.79 bits per heavy atom. The van der Waals surface area contributed by atoms with Crippen molar-refractivity contribution in [2.75, 3.05) is 28.2 Å². The Bertz CT molecular complexity index is 1110. The minimum Gasteiger partial charge on any atom is -0.444 e. The molecule has 0 radical (unpaired) electrons. The van der Waals surface area contributed by atoms with Crippen molar-refractivity contribution >= 4 is 63.9 Å². The van der Waals surface area contributed by atoms with Crippen LogP contribution in [0.5, 0.6) is 0 Å². The minimum absolute atomic E-state index is 0.129. The number of anilines is 4. The van der Waals surface area contributed by atoms with E-state index in [0.29, 0.717) is 16.5 Å². The van der Waals surface area contributed by atoms with Gasteiger partial charge in [0.2, 0.25) is 5.28 Å². The third kappa shape index (κ3) is 8.64. The number of rotatable bonds is 8. The van der Waals surface area contributed by atoms with Crippen molar-refractivity contribution in [1.82, 2.24) is 9.97 Å². The van der Waals surface area contributed by atoms with Gasteiger partial charge in [0.15, 0.2) is 5.82 Å². The predicted octanol–water partition coefficient (Wildman–Crippen LogP) is 7.08. The molecule has 1 aromatic heterocycles. The molecule has 1 heterocycles. The summed E-state index contributed by atoms with van der Waals surface area (Å²) in [4.78, 5) is 21.0. The number of halogens is 2. The largest absolute Gasteiger partial charge is 0.444 e. The smallest absolute Gasteiger partial charge is 0.412 e. The second kappa shape index (κ2) is 11.4. The lowest BCUT2D eigenvalue weighted by molar-refractivity contribution is 0.0636. The molecule has 3 N–H and O–H groups in total. The molecular weight excluding hydrogens is 481 g/mol. The number of carbonyl (C=O) groups excluding carboxylic acids is 1. The maximum absolute atomic E-state index is 12.0. The summed E-state index contributed by atoms with van der Waals surface area (Å²) in [5.74, 6) is 1.30. The Kier molecular flexibility index (Phi) is 8.66. The molecule has 0 unspecified atom stereocenters. The van der Waals surface area contributed by atoms with E-state index in [2.05, 4.69) is 25.9 Å².